The summed E-state index contributed by atoms with van der Waals surface area (Å²) < 4.78 is 31.6. The first-order valence-electron chi connectivity index (χ1n) is 13.8. The van der Waals surface area contributed by atoms with Gasteiger partial charge in [0, 0.05) is 6.08 Å². The van der Waals surface area contributed by atoms with Crippen molar-refractivity contribution in [3.8, 4) is 5.75 Å². The molecule has 0 aromatic heterocycles. The second kappa shape index (κ2) is 16.0. The molecule has 9 nitrogen and oxygen atoms in total. The van der Waals surface area contributed by atoms with E-state index < -0.39 is 12.1 Å². The van der Waals surface area contributed by atoms with Gasteiger partial charge in [0.15, 0.2) is 0 Å². The average Bonchev–Trinajstić information content (AvgIpc) is 2.93. The molecule has 218 valence electrons. The zero-order valence-corrected chi connectivity index (χ0v) is 23.6. The number of hydrogen-bond donors (Lipinski definition) is 0. The Morgan fingerprint density at radius 2 is 1.55 bits per heavy atom. The van der Waals surface area contributed by atoms with E-state index in [4.69, 9.17) is 28.4 Å². The Hall–Kier alpha value is -3.43. The van der Waals surface area contributed by atoms with Crippen molar-refractivity contribution in [2.24, 2.45) is 17.8 Å². The number of esters is 2. The van der Waals surface area contributed by atoms with Crippen LogP contribution in [0, 0.1) is 17.8 Å². The van der Waals surface area contributed by atoms with E-state index in [2.05, 4.69) is 27.4 Å². The van der Waals surface area contributed by atoms with Crippen LogP contribution in [0.2, 0.25) is 0 Å². The lowest BCUT2D eigenvalue weighted by atomic mass is 9.75. The van der Waals surface area contributed by atoms with Crippen molar-refractivity contribution in [1.29, 1.82) is 0 Å². The van der Waals surface area contributed by atoms with E-state index >= 15 is 0 Å². The molecule has 0 spiro atoms. The van der Waals surface area contributed by atoms with Crippen molar-refractivity contribution in [3.63, 3.8) is 0 Å². The van der Waals surface area contributed by atoms with Gasteiger partial charge < -0.3 is 28.4 Å². The van der Waals surface area contributed by atoms with Gasteiger partial charge in [-0.05, 0) is 65.6 Å². The first kappa shape index (κ1) is 31.1. The number of benzene rings is 2. The predicted octanol–water partition coefficient (Wildman–Crippen LogP) is 5.74. The van der Waals surface area contributed by atoms with E-state index in [0.29, 0.717) is 42.3 Å². The Labute approximate surface area is 235 Å². The van der Waals surface area contributed by atoms with E-state index in [1.165, 1.54) is 6.42 Å². The minimum absolute atomic E-state index is 0.0201. The topological polar surface area (TPSA) is 107 Å². The fraction of sp³-hybridized carbons (Fsp3) is 0.516. The molecule has 1 saturated carbocycles. The molecular formula is C31H40O9. The second-order valence-electron chi connectivity index (χ2n) is 10.3. The van der Waals surface area contributed by atoms with Crippen LogP contribution in [-0.2, 0) is 28.5 Å². The van der Waals surface area contributed by atoms with Crippen LogP contribution >= 0.6 is 0 Å². The van der Waals surface area contributed by atoms with E-state index in [9.17, 15) is 14.4 Å². The zero-order chi connectivity index (χ0) is 28.9. The van der Waals surface area contributed by atoms with Crippen LogP contribution in [0.5, 0.6) is 5.75 Å². The number of hydrogen-bond acceptors (Lipinski definition) is 9. The molecule has 3 rings (SSSR count). The van der Waals surface area contributed by atoms with Crippen LogP contribution in [-0.4, -0.2) is 63.8 Å². The molecule has 2 aromatic rings. The lowest BCUT2D eigenvalue weighted by Gasteiger charge is -2.36. The molecule has 0 amide bonds. The van der Waals surface area contributed by atoms with Gasteiger partial charge in [-0.15, -0.1) is 0 Å². The zero-order valence-electron chi connectivity index (χ0n) is 23.6. The van der Waals surface area contributed by atoms with Crippen LogP contribution in [0.15, 0.2) is 49.1 Å². The molecule has 3 atom stereocenters. The molecule has 1 aliphatic rings. The molecule has 0 N–H and O–H groups in total. The summed E-state index contributed by atoms with van der Waals surface area (Å²) in [6.45, 7) is 11.1. The number of carbonyl (C=O) groups excluding carboxylic acids is 3. The molecule has 3 unspecified atom stereocenters. The fourth-order valence-electron chi connectivity index (χ4n) is 4.76. The molecule has 0 saturated heterocycles. The van der Waals surface area contributed by atoms with Crippen molar-refractivity contribution in [2.45, 2.75) is 46.1 Å². The van der Waals surface area contributed by atoms with Crippen molar-refractivity contribution in [3.05, 3.63) is 54.6 Å². The smallest absolute Gasteiger partial charge is 0.460 e. The molecule has 0 bridgehead atoms. The monoisotopic (exact) mass is 556 g/mol. The maximum absolute atomic E-state index is 13.0. The molecule has 0 heterocycles. The number of carbonyl (C=O) groups is 3. The van der Waals surface area contributed by atoms with Gasteiger partial charge in [-0.3, -0.25) is 0 Å². The summed E-state index contributed by atoms with van der Waals surface area (Å²) in [7, 11) is 0. The minimum atomic E-state index is -0.843. The van der Waals surface area contributed by atoms with Gasteiger partial charge in [0.1, 0.15) is 25.1 Å². The Morgan fingerprint density at radius 1 is 0.900 bits per heavy atom. The van der Waals surface area contributed by atoms with Crippen molar-refractivity contribution < 1.29 is 42.8 Å². The molecule has 1 aliphatic carbocycles. The molecule has 1 fully saturated rings. The summed E-state index contributed by atoms with van der Waals surface area (Å²) in [5.74, 6) is 0.923. The van der Waals surface area contributed by atoms with Gasteiger partial charge in [-0.25, -0.2) is 14.4 Å². The highest BCUT2D eigenvalue weighted by Gasteiger charge is 2.33. The number of ether oxygens (including phenoxy) is 6. The van der Waals surface area contributed by atoms with Crippen molar-refractivity contribution >= 4 is 28.9 Å². The fourth-order valence-corrected chi connectivity index (χ4v) is 4.76. The third-order valence-electron chi connectivity index (χ3n) is 6.93. The summed E-state index contributed by atoms with van der Waals surface area (Å²) >= 11 is 0. The van der Waals surface area contributed by atoms with E-state index in [1.807, 2.05) is 6.07 Å². The lowest BCUT2D eigenvalue weighted by molar-refractivity contribution is -0.139. The Balaban J connectivity index is 1.39. The number of fused-ring (bicyclic) bond motifs is 1. The van der Waals surface area contributed by atoms with Gasteiger partial charge in [-0.2, -0.15) is 0 Å². The quantitative estimate of drug-likeness (QED) is 0.0947. The van der Waals surface area contributed by atoms with E-state index in [-0.39, 0.29) is 38.5 Å². The van der Waals surface area contributed by atoms with E-state index in [0.717, 1.165) is 29.7 Å². The maximum Gasteiger partial charge on any atom is 0.513 e. The Bertz CT molecular complexity index is 1140. The summed E-state index contributed by atoms with van der Waals surface area (Å²) in [6.07, 6.45) is 3.34. The summed E-state index contributed by atoms with van der Waals surface area (Å²) in [5, 5.41) is 1.65. The maximum atomic E-state index is 13.0. The molecule has 0 radical (unpaired) electrons. The molecule has 0 aliphatic heterocycles. The lowest BCUT2D eigenvalue weighted by Crippen LogP contribution is -2.35. The van der Waals surface area contributed by atoms with Crippen molar-refractivity contribution in [2.75, 3.05) is 39.6 Å². The third kappa shape index (κ3) is 9.95. The average molecular weight is 557 g/mol. The van der Waals surface area contributed by atoms with Crippen LogP contribution in [0.4, 0.5) is 4.79 Å². The van der Waals surface area contributed by atoms with Crippen LogP contribution < -0.4 is 4.74 Å². The number of rotatable bonds is 14. The highest BCUT2D eigenvalue weighted by molar-refractivity contribution is 5.96. The Morgan fingerprint density at radius 3 is 2.25 bits per heavy atom. The van der Waals surface area contributed by atoms with Crippen LogP contribution in [0.1, 0.15) is 50.4 Å². The Kier molecular flexibility index (Phi) is 12.4. The normalized spacial score (nSPS) is 18.8. The first-order valence-corrected chi connectivity index (χ1v) is 13.8. The van der Waals surface area contributed by atoms with Gasteiger partial charge in [-0.1, -0.05) is 45.9 Å². The van der Waals surface area contributed by atoms with Crippen LogP contribution in [0.25, 0.3) is 10.8 Å². The second-order valence-corrected chi connectivity index (χ2v) is 10.3. The highest BCUT2D eigenvalue weighted by atomic mass is 16.7. The van der Waals surface area contributed by atoms with E-state index in [1.54, 1.807) is 30.3 Å². The van der Waals surface area contributed by atoms with Gasteiger partial charge in [0.2, 0.25) is 0 Å². The minimum Gasteiger partial charge on any atom is -0.460 e. The largest absolute Gasteiger partial charge is 0.513 e. The molecular weight excluding hydrogens is 516 g/mol. The third-order valence-corrected chi connectivity index (χ3v) is 6.93. The van der Waals surface area contributed by atoms with Crippen LogP contribution in [0.3, 0.4) is 0 Å². The highest BCUT2D eigenvalue weighted by Crippen LogP contribution is 2.36. The molecule has 9 heteroatoms. The van der Waals surface area contributed by atoms with Gasteiger partial charge in [0.25, 0.3) is 0 Å². The standard InChI is InChI=1S/C31H40O9/c1-5-29(32)37-16-14-35-12-13-36-15-17-38-31(34)39-26-10-9-23-19-25(8-7-24(23)20-26)30(33)40-28-18-22(4)6-11-27(28)21(2)3/h5,7-10,19-22,27-28H,1,6,11-18H2,2-4H3. The molecule has 40 heavy (non-hydrogen) atoms. The predicted molar refractivity (Wildman–Crippen MR) is 149 cm³/mol. The first-order chi connectivity index (χ1) is 19.3. The SMILES string of the molecule is C=CC(=O)OCCOCCOCCOC(=O)Oc1ccc2cc(C(=O)OC3CC(C)CCC3C(C)C)ccc2c1. The summed E-state index contributed by atoms with van der Waals surface area (Å²) in [4.78, 5) is 35.9. The van der Waals surface area contributed by atoms with Gasteiger partial charge in [0.05, 0.1) is 32.0 Å². The van der Waals surface area contributed by atoms with Crippen molar-refractivity contribution in [1.82, 2.24) is 0 Å². The van der Waals surface area contributed by atoms with Gasteiger partial charge >= 0.3 is 18.1 Å². The summed E-state index contributed by atoms with van der Waals surface area (Å²) in [6, 6.07) is 10.5. The molecule has 2 aromatic carbocycles. The summed E-state index contributed by atoms with van der Waals surface area (Å²) in [5.41, 5.74) is 0.503.